The predicted octanol–water partition coefficient (Wildman–Crippen LogP) is 5.90. The van der Waals surface area contributed by atoms with E-state index >= 15 is 0 Å². The molecule has 0 bridgehead atoms. The lowest BCUT2D eigenvalue weighted by molar-refractivity contribution is -0.137. The van der Waals surface area contributed by atoms with E-state index in [1.807, 2.05) is 24.3 Å². The number of hydrogen-bond donors (Lipinski definition) is 1. The molecule has 5 aromatic rings. The second-order valence-corrected chi connectivity index (χ2v) is 8.39. The molecule has 0 saturated carbocycles. The fourth-order valence-corrected chi connectivity index (χ4v) is 4.37. The molecule has 6 rings (SSSR count). The fourth-order valence-electron chi connectivity index (χ4n) is 4.37. The maximum Gasteiger partial charge on any atom is 0.416 e. The summed E-state index contributed by atoms with van der Waals surface area (Å²) < 4.78 is 40.3. The van der Waals surface area contributed by atoms with E-state index in [4.69, 9.17) is 4.98 Å². The molecule has 2 amide bonds. The molecule has 1 aliphatic rings. The summed E-state index contributed by atoms with van der Waals surface area (Å²) in [6.07, 6.45) is -1.19. The molecule has 0 spiro atoms. The van der Waals surface area contributed by atoms with Crippen molar-refractivity contribution in [2.45, 2.75) is 12.7 Å². The Morgan fingerprint density at radius 2 is 1.89 bits per heavy atom. The van der Waals surface area contributed by atoms with Crippen molar-refractivity contribution in [3.05, 3.63) is 78.1 Å². The summed E-state index contributed by atoms with van der Waals surface area (Å²) in [5, 5.41) is 7.87. The highest BCUT2D eigenvalue weighted by Gasteiger charge is 2.35. The Morgan fingerprint density at radius 1 is 1.03 bits per heavy atom. The first-order chi connectivity index (χ1) is 16.8. The molecule has 2 aromatic carbocycles. The van der Waals surface area contributed by atoms with Gasteiger partial charge in [-0.3, -0.25) is 15.0 Å². The number of pyridine rings is 2. The van der Waals surface area contributed by atoms with Crippen LogP contribution >= 0.6 is 0 Å². The number of amides is 2. The minimum atomic E-state index is -4.54. The first kappa shape index (κ1) is 21.1. The Balaban J connectivity index is 1.57. The third-order valence-corrected chi connectivity index (χ3v) is 6.08. The van der Waals surface area contributed by atoms with Gasteiger partial charge in [-0.05, 0) is 42.5 Å². The van der Waals surface area contributed by atoms with Crippen LogP contribution in [0.5, 0.6) is 0 Å². The first-order valence-corrected chi connectivity index (χ1v) is 10.7. The second kappa shape index (κ2) is 7.52. The minimum absolute atomic E-state index is 0.108. The normalized spacial score (nSPS) is 14.1. The van der Waals surface area contributed by atoms with Crippen LogP contribution in [0.2, 0.25) is 0 Å². The molecular formula is C25H17F3N6O. The Hall–Kier alpha value is -4.47. The van der Waals surface area contributed by atoms with E-state index in [1.165, 1.54) is 21.9 Å². The lowest BCUT2D eigenvalue weighted by atomic mass is 10.1. The molecule has 0 radical (unpaired) electrons. The van der Waals surface area contributed by atoms with Crippen molar-refractivity contribution in [2.24, 2.45) is 0 Å². The molecule has 1 aliphatic heterocycles. The van der Waals surface area contributed by atoms with Gasteiger partial charge in [0.2, 0.25) is 0 Å². The molecule has 0 atom stereocenters. The van der Waals surface area contributed by atoms with Crippen LogP contribution in [0, 0.1) is 0 Å². The van der Waals surface area contributed by atoms with Crippen LogP contribution < -0.4 is 4.90 Å². The van der Waals surface area contributed by atoms with Gasteiger partial charge >= 0.3 is 12.2 Å². The van der Waals surface area contributed by atoms with Crippen molar-refractivity contribution >= 4 is 39.3 Å². The molecule has 4 heterocycles. The van der Waals surface area contributed by atoms with E-state index in [0.717, 1.165) is 28.6 Å². The smallest absolute Gasteiger partial charge is 0.323 e. The van der Waals surface area contributed by atoms with Crippen molar-refractivity contribution in [1.82, 2.24) is 25.1 Å². The monoisotopic (exact) mass is 474 g/mol. The van der Waals surface area contributed by atoms with Crippen molar-refractivity contribution in [3.8, 4) is 11.3 Å². The van der Waals surface area contributed by atoms with Gasteiger partial charge in [0.25, 0.3) is 0 Å². The van der Waals surface area contributed by atoms with Gasteiger partial charge in [0.1, 0.15) is 5.52 Å². The highest BCUT2D eigenvalue weighted by Crippen LogP contribution is 2.41. The van der Waals surface area contributed by atoms with Crippen LogP contribution in [0.1, 0.15) is 11.1 Å². The van der Waals surface area contributed by atoms with E-state index in [0.29, 0.717) is 28.0 Å². The highest BCUT2D eigenvalue weighted by molar-refractivity contribution is 6.08. The number of halogens is 3. The van der Waals surface area contributed by atoms with Crippen LogP contribution in [-0.4, -0.2) is 38.1 Å². The number of H-pyrrole nitrogens is 1. The molecular weight excluding hydrogens is 457 g/mol. The quantitative estimate of drug-likeness (QED) is 0.346. The summed E-state index contributed by atoms with van der Waals surface area (Å²) >= 11 is 0. The Labute approximate surface area is 196 Å². The molecule has 0 fully saturated rings. The minimum Gasteiger partial charge on any atom is -0.323 e. The number of aromatic nitrogens is 4. The topological polar surface area (TPSA) is 78.0 Å². The number of carbonyl (C=O) groups is 1. The van der Waals surface area contributed by atoms with Crippen molar-refractivity contribution in [1.29, 1.82) is 0 Å². The van der Waals surface area contributed by atoms with Crippen LogP contribution in [0.25, 0.3) is 33.2 Å². The van der Waals surface area contributed by atoms with E-state index in [-0.39, 0.29) is 12.2 Å². The zero-order valence-corrected chi connectivity index (χ0v) is 18.3. The predicted molar refractivity (Wildman–Crippen MR) is 125 cm³/mol. The SMILES string of the molecule is CN1Cc2cnc3ccc(-c4ccc5[nH]ncc5c4)nc3c2N(c2cccc(C(F)(F)F)c2)C1=O. The van der Waals surface area contributed by atoms with Crippen molar-refractivity contribution < 1.29 is 18.0 Å². The van der Waals surface area contributed by atoms with E-state index in [9.17, 15) is 18.0 Å². The lowest BCUT2D eigenvalue weighted by Crippen LogP contribution is -2.42. The number of anilines is 2. The lowest BCUT2D eigenvalue weighted by Gasteiger charge is -2.35. The van der Waals surface area contributed by atoms with Crippen LogP contribution in [-0.2, 0) is 12.7 Å². The van der Waals surface area contributed by atoms with E-state index < -0.39 is 17.8 Å². The Bertz CT molecular complexity index is 1630. The number of benzene rings is 2. The van der Waals surface area contributed by atoms with Gasteiger partial charge in [-0.15, -0.1) is 0 Å². The molecule has 1 N–H and O–H groups in total. The molecule has 35 heavy (non-hydrogen) atoms. The molecule has 0 unspecified atom stereocenters. The standard InChI is InChI=1S/C25H17F3N6O/c1-33-13-16-11-29-21-8-7-19(14-5-6-20-15(9-14)12-30-32-20)31-22(21)23(16)34(24(33)35)18-4-2-3-17(10-18)25(26,27)28/h2-12H,13H2,1H3,(H,30,32). The Kier molecular flexibility index (Phi) is 4.53. The maximum atomic E-state index is 13.4. The number of carbonyl (C=O) groups excluding carboxylic acids is 1. The van der Waals surface area contributed by atoms with Gasteiger partial charge in [0.05, 0.1) is 46.4 Å². The average molecular weight is 474 g/mol. The van der Waals surface area contributed by atoms with Gasteiger partial charge in [0.15, 0.2) is 0 Å². The summed E-state index contributed by atoms with van der Waals surface area (Å²) in [6.45, 7) is 0.263. The largest absolute Gasteiger partial charge is 0.416 e. The number of fused-ring (bicyclic) bond motifs is 4. The molecule has 3 aromatic heterocycles. The fraction of sp³-hybridized carbons (Fsp3) is 0.120. The summed E-state index contributed by atoms with van der Waals surface area (Å²) in [4.78, 5) is 25.3. The molecule has 174 valence electrons. The maximum absolute atomic E-state index is 13.4. The molecule has 7 nitrogen and oxygen atoms in total. The van der Waals surface area contributed by atoms with Crippen molar-refractivity contribution in [3.63, 3.8) is 0 Å². The zero-order valence-electron chi connectivity index (χ0n) is 18.3. The number of rotatable bonds is 2. The number of aromatic amines is 1. The van der Waals surface area contributed by atoms with Crippen LogP contribution in [0.4, 0.5) is 29.3 Å². The first-order valence-electron chi connectivity index (χ1n) is 10.7. The zero-order chi connectivity index (χ0) is 24.3. The molecule has 0 saturated heterocycles. The van der Waals surface area contributed by atoms with Crippen LogP contribution in [0.15, 0.2) is 67.0 Å². The second-order valence-electron chi connectivity index (χ2n) is 8.39. The van der Waals surface area contributed by atoms with Gasteiger partial charge in [-0.25, -0.2) is 9.78 Å². The van der Waals surface area contributed by atoms with E-state index in [1.54, 1.807) is 25.5 Å². The molecule has 0 aliphatic carbocycles. The van der Waals surface area contributed by atoms with E-state index in [2.05, 4.69) is 15.2 Å². The summed E-state index contributed by atoms with van der Waals surface area (Å²) in [5.41, 5.74) is 3.73. The summed E-state index contributed by atoms with van der Waals surface area (Å²) in [6, 6.07) is 13.7. The van der Waals surface area contributed by atoms with Crippen LogP contribution in [0.3, 0.4) is 0 Å². The Morgan fingerprint density at radius 3 is 2.71 bits per heavy atom. The number of hydrogen-bond acceptors (Lipinski definition) is 4. The van der Waals surface area contributed by atoms with Gasteiger partial charge in [-0.2, -0.15) is 18.3 Å². The number of nitrogens with one attached hydrogen (secondary N) is 1. The average Bonchev–Trinajstić information content (AvgIpc) is 3.32. The van der Waals surface area contributed by atoms with Gasteiger partial charge < -0.3 is 4.90 Å². The van der Waals surface area contributed by atoms with Gasteiger partial charge in [0, 0.05) is 29.8 Å². The number of nitrogens with zero attached hydrogens (tertiary/aromatic N) is 5. The number of urea groups is 1. The number of alkyl halides is 3. The third kappa shape index (κ3) is 3.45. The summed E-state index contributed by atoms with van der Waals surface area (Å²) in [5.74, 6) is 0. The van der Waals surface area contributed by atoms with Gasteiger partial charge in [-0.1, -0.05) is 12.1 Å². The highest BCUT2D eigenvalue weighted by atomic mass is 19.4. The molecule has 10 heteroatoms. The van der Waals surface area contributed by atoms with Crippen molar-refractivity contribution in [2.75, 3.05) is 11.9 Å². The third-order valence-electron chi connectivity index (χ3n) is 6.08. The summed E-state index contributed by atoms with van der Waals surface area (Å²) in [7, 11) is 1.60.